The Labute approximate surface area is 106 Å². The van der Waals surface area contributed by atoms with Gasteiger partial charge in [0.1, 0.15) is 0 Å². The highest BCUT2D eigenvalue weighted by Crippen LogP contribution is 2.18. The van der Waals surface area contributed by atoms with Crippen LogP contribution in [0.25, 0.3) is 12.8 Å². The Morgan fingerprint density at radius 3 is 2.74 bits per heavy atom. The summed E-state index contributed by atoms with van der Waals surface area (Å²) in [5.41, 5.74) is -0.301. The molecule has 0 unspecified atom stereocenters. The first kappa shape index (κ1) is 12.5. The highest BCUT2D eigenvalue weighted by Gasteiger charge is 2.04. The third-order valence-electron chi connectivity index (χ3n) is 2.49. The zero-order chi connectivity index (χ0) is 14.0. The van der Waals surface area contributed by atoms with Crippen LogP contribution in [0.15, 0.2) is 23.0 Å². The van der Waals surface area contributed by atoms with E-state index in [1.54, 1.807) is 0 Å². The van der Waals surface area contributed by atoms with E-state index in [9.17, 15) is 14.7 Å². The van der Waals surface area contributed by atoms with E-state index in [-0.39, 0.29) is 11.1 Å². The maximum absolute atomic E-state index is 11.3. The lowest BCUT2D eigenvalue weighted by atomic mass is 10.2. The summed E-state index contributed by atoms with van der Waals surface area (Å²) in [4.78, 5) is 22.2. The van der Waals surface area contributed by atoms with E-state index < -0.39 is 11.7 Å². The minimum absolute atomic E-state index is 0.295. The van der Waals surface area contributed by atoms with Gasteiger partial charge in [-0.3, -0.25) is 15.0 Å². The second kappa shape index (κ2) is 4.73. The number of aromatic carboxylic acids is 1. The zero-order valence-electron chi connectivity index (χ0n) is 9.69. The molecule has 0 amide bonds. The normalized spacial score (nSPS) is 11.5. The molecule has 0 aliphatic carbocycles. The number of carboxylic acids is 1. The van der Waals surface area contributed by atoms with Gasteiger partial charge >= 0.3 is 5.97 Å². The van der Waals surface area contributed by atoms with Crippen LogP contribution in [0.2, 0.25) is 0 Å². The molecule has 98 valence electrons. The molecule has 0 saturated carbocycles. The van der Waals surface area contributed by atoms with Gasteiger partial charge in [-0.25, -0.2) is 4.79 Å². The Morgan fingerprint density at radius 2 is 2.16 bits per heavy atom. The van der Waals surface area contributed by atoms with Crippen LogP contribution < -0.4 is 26.6 Å². The summed E-state index contributed by atoms with van der Waals surface area (Å²) in [5, 5.41) is 28.4. The lowest BCUT2D eigenvalue weighted by molar-refractivity contribution is -0.268. The molecule has 19 heavy (non-hydrogen) atoms. The number of anilines is 1. The van der Waals surface area contributed by atoms with Crippen molar-refractivity contribution in [1.82, 2.24) is 10.2 Å². The SMILES string of the molecule is C=c1[nH][nH]c(=O)/c1=C\Nc1ccc([O-])c(C(=O)O)c1. The van der Waals surface area contributed by atoms with Crippen molar-refractivity contribution in [1.29, 1.82) is 0 Å². The van der Waals surface area contributed by atoms with Gasteiger partial charge in [0.15, 0.2) is 0 Å². The maximum Gasteiger partial charge on any atom is 0.335 e. The maximum atomic E-state index is 11.3. The molecule has 4 N–H and O–H groups in total. The summed E-state index contributed by atoms with van der Waals surface area (Å²) in [6.07, 6.45) is 1.38. The number of carboxylic acid groups (broad SMARTS) is 1. The second-order valence-corrected chi connectivity index (χ2v) is 3.78. The Morgan fingerprint density at radius 1 is 1.42 bits per heavy atom. The Bertz CT molecular complexity index is 758. The van der Waals surface area contributed by atoms with Gasteiger partial charge in [-0.15, -0.1) is 0 Å². The molecule has 0 fully saturated rings. The number of nitrogens with one attached hydrogen (secondary N) is 3. The molecular weight excluding hydrogens is 250 g/mol. The van der Waals surface area contributed by atoms with Crippen LogP contribution in [-0.2, 0) is 0 Å². The second-order valence-electron chi connectivity index (χ2n) is 3.78. The fraction of sp³-hybridized carbons (Fsp3) is 0. The van der Waals surface area contributed by atoms with Gasteiger partial charge in [-0.2, -0.15) is 0 Å². The van der Waals surface area contributed by atoms with E-state index in [1.807, 2.05) is 0 Å². The summed E-state index contributed by atoms with van der Waals surface area (Å²) in [7, 11) is 0. The molecule has 2 aromatic rings. The monoisotopic (exact) mass is 260 g/mol. The number of hydrogen-bond acceptors (Lipinski definition) is 4. The highest BCUT2D eigenvalue weighted by molar-refractivity contribution is 5.92. The van der Waals surface area contributed by atoms with Gasteiger partial charge in [0.2, 0.25) is 0 Å². The van der Waals surface area contributed by atoms with Gasteiger partial charge in [0.25, 0.3) is 5.56 Å². The van der Waals surface area contributed by atoms with Gasteiger partial charge < -0.3 is 15.5 Å². The Balaban J connectivity index is 2.38. The fourth-order valence-corrected chi connectivity index (χ4v) is 1.50. The van der Waals surface area contributed by atoms with Crippen LogP contribution >= 0.6 is 0 Å². The standard InChI is InChI=1S/C12H11N3O4/c1-6-9(11(17)15-14-6)5-13-7-2-3-10(16)8(4-7)12(18)19/h2-5,13-14,16H,1H2,(H,15,17)(H,18,19)/p-1/b9-5-. The molecule has 0 saturated heterocycles. The summed E-state index contributed by atoms with van der Waals surface area (Å²) >= 11 is 0. The van der Waals surface area contributed by atoms with Crippen LogP contribution in [0.4, 0.5) is 5.69 Å². The average molecular weight is 260 g/mol. The van der Waals surface area contributed by atoms with Crippen LogP contribution in [0.3, 0.4) is 0 Å². The van der Waals surface area contributed by atoms with Crippen molar-refractivity contribution in [3.05, 3.63) is 44.7 Å². The summed E-state index contributed by atoms with van der Waals surface area (Å²) < 4.78 is 0. The number of aromatic nitrogens is 2. The number of H-pyrrole nitrogens is 2. The van der Waals surface area contributed by atoms with Crippen molar-refractivity contribution in [2.75, 3.05) is 5.32 Å². The number of rotatable bonds is 3. The van der Waals surface area contributed by atoms with Crippen molar-refractivity contribution >= 4 is 24.4 Å². The smallest absolute Gasteiger partial charge is 0.335 e. The van der Waals surface area contributed by atoms with Crippen LogP contribution in [0, 0.1) is 0 Å². The third-order valence-corrected chi connectivity index (χ3v) is 2.49. The van der Waals surface area contributed by atoms with Gasteiger partial charge in [-0.1, -0.05) is 18.4 Å². The Hall–Kier alpha value is -2.96. The zero-order valence-corrected chi connectivity index (χ0v) is 9.69. The first-order valence-corrected chi connectivity index (χ1v) is 5.25. The number of aromatic amines is 2. The van der Waals surface area contributed by atoms with Crippen LogP contribution in [0.5, 0.6) is 5.75 Å². The number of benzene rings is 1. The van der Waals surface area contributed by atoms with Gasteiger partial charge in [0, 0.05) is 11.9 Å². The predicted octanol–water partition coefficient (Wildman–Crippen LogP) is -1.26. The molecule has 7 heteroatoms. The molecule has 1 heterocycles. The lowest BCUT2D eigenvalue weighted by Gasteiger charge is -2.11. The number of hydrogen-bond donors (Lipinski definition) is 4. The lowest BCUT2D eigenvalue weighted by Crippen LogP contribution is -2.33. The van der Waals surface area contributed by atoms with E-state index in [4.69, 9.17) is 5.11 Å². The summed E-state index contributed by atoms with van der Waals surface area (Å²) in [6, 6.07) is 3.77. The molecule has 2 rings (SSSR count). The van der Waals surface area contributed by atoms with Crippen LogP contribution in [-0.4, -0.2) is 21.3 Å². The van der Waals surface area contributed by atoms with Crippen molar-refractivity contribution in [3.8, 4) is 5.75 Å². The fourth-order valence-electron chi connectivity index (χ4n) is 1.50. The first-order chi connectivity index (χ1) is 8.99. The van der Waals surface area contributed by atoms with E-state index >= 15 is 0 Å². The first-order valence-electron chi connectivity index (χ1n) is 5.25. The molecule has 7 nitrogen and oxygen atoms in total. The number of carbonyl (C=O) groups is 1. The molecular formula is C12H10N3O4-. The van der Waals surface area contributed by atoms with Crippen molar-refractivity contribution < 1.29 is 15.0 Å². The Kier molecular flexibility index (Phi) is 3.11. The molecule has 0 atom stereocenters. The average Bonchev–Trinajstić information content (AvgIpc) is 2.68. The molecule has 0 aliphatic rings. The highest BCUT2D eigenvalue weighted by atomic mass is 16.4. The summed E-state index contributed by atoms with van der Waals surface area (Å²) in [6.45, 7) is 3.61. The van der Waals surface area contributed by atoms with E-state index in [0.29, 0.717) is 16.3 Å². The molecule has 1 aromatic heterocycles. The quantitative estimate of drug-likeness (QED) is 0.548. The predicted molar refractivity (Wildman–Crippen MR) is 67.1 cm³/mol. The molecule has 1 aromatic carbocycles. The van der Waals surface area contributed by atoms with Crippen LogP contribution in [0.1, 0.15) is 10.4 Å². The van der Waals surface area contributed by atoms with Crippen molar-refractivity contribution in [2.24, 2.45) is 0 Å². The van der Waals surface area contributed by atoms with Gasteiger partial charge in [-0.05, 0) is 12.1 Å². The third kappa shape index (κ3) is 2.49. The topological polar surface area (TPSA) is 121 Å². The molecule has 0 aliphatic heterocycles. The van der Waals surface area contributed by atoms with Crippen molar-refractivity contribution in [3.63, 3.8) is 0 Å². The molecule has 0 radical (unpaired) electrons. The summed E-state index contributed by atoms with van der Waals surface area (Å²) in [5.74, 6) is -1.87. The molecule has 0 bridgehead atoms. The van der Waals surface area contributed by atoms with E-state index in [0.717, 1.165) is 6.07 Å². The van der Waals surface area contributed by atoms with Gasteiger partial charge in [0.05, 0.1) is 16.1 Å². The van der Waals surface area contributed by atoms with E-state index in [1.165, 1.54) is 18.3 Å². The van der Waals surface area contributed by atoms with E-state index in [2.05, 4.69) is 22.1 Å². The minimum atomic E-state index is -1.30. The minimum Gasteiger partial charge on any atom is -0.872 e. The largest absolute Gasteiger partial charge is 0.872 e. The van der Waals surface area contributed by atoms with Crippen molar-refractivity contribution in [2.45, 2.75) is 0 Å². The molecule has 0 spiro atoms.